The van der Waals surface area contributed by atoms with Gasteiger partial charge >= 0.3 is 0 Å². The normalized spacial score (nSPS) is 16.7. The van der Waals surface area contributed by atoms with Gasteiger partial charge in [0.15, 0.2) is 0 Å². The maximum Gasteiger partial charge on any atom is 0.253 e. The van der Waals surface area contributed by atoms with Crippen molar-refractivity contribution in [3.8, 4) is 5.69 Å². The number of carbonyl (C=O) groups excluding carboxylic acids is 1. The van der Waals surface area contributed by atoms with Gasteiger partial charge in [0.1, 0.15) is 0 Å². The molecule has 0 saturated heterocycles. The lowest BCUT2D eigenvalue weighted by Gasteiger charge is -2.28. The van der Waals surface area contributed by atoms with Crippen molar-refractivity contribution in [2.45, 2.75) is 44.1 Å². The number of para-hydroxylation sites is 1. The largest absolute Gasteiger partial charge is 0.350 e. The number of nitrogens with one attached hydrogen (secondary N) is 1. The minimum atomic E-state index is -0.283. The Bertz CT molecular complexity index is 651. The molecule has 0 bridgehead atoms. The van der Waals surface area contributed by atoms with E-state index in [0.29, 0.717) is 12.1 Å². The van der Waals surface area contributed by atoms with E-state index >= 15 is 0 Å². The third-order valence-electron chi connectivity index (χ3n) is 4.52. The Hall–Kier alpha value is -1.92. The Morgan fingerprint density at radius 1 is 1.21 bits per heavy atom. The van der Waals surface area contributed by atoms with E-state index < -0.39 is 0 Å². The van der Waals surface area contributed by atoms with Gasteiger partial charge < -0.3 is 11.1 Å². The molecule has 1 amide bonds. The summed E-state index contributed by atoms with van der Waals surface area (Å²) in [7, 11) is 0. The monoisotopic (exact) mass is 349 g/mol. The molecule has 0 radical (unpaired) electrons. The second-order valence-corrected chi connectivity index (χ2v) is 6.32. The lowest BCUT2D eigenvalue weighted by atomic mass is 9.91. The molecule has 24 heavy (non-hydrogen) atoms. The molecule has 3 N–H and O–H groups in total. The van der Waals surface area contributed by atoms with Gasteiger partial charge in [-0.1, -0.05) is 43.0 Å². The van der Waals surface area contributed by atoms with Crippen molar-refractivity contribution >= 4 is 18.3 Å². The Morgan fingerprint density at radius 3 is 2.58 bits per heavy atom. The van der Waals surface area contributed by atoms with Gasteiger partial charge in [0.05, 0.1) is 23.6 Å². The standard InChI is InChI=1S/C17H23N5O.ClH/c18-17(9-5-1-2-6-10-17)13-19-16(23)14-7-3-4-8-15(14)22-12-11-20-21-22;/h3-4,7-8,11-12H,1-2,5-6,9-10,13,18H2,(H,19,23);1H. The van der Waals surface area contributed by atoms with Crippen molar-refractivity contribution in [3.05, 3.63) is 42.2 Å². The van der Waals surface area contributed by atoms with Crippen LogP contribution in [-0.2, 0) is 0 Å². The van der Waals surface area contributed by atoms with Gasteiger partial charge in [-0.3, -0.25) is 4.79 Å². The van der Waals surface area contributed by atoms with E-state index in [4.69, 9.17) is 5.73 Å². The maximum atomic E-state index is 12.6. The number of benzene rings is 1. The molecular weight excluding hydrogens is 326 g/mol. The molecule has 7 heteroatoms. The molecule has 130 valence electrons. The lowest BCUT2D eigenvalue weighted by molar-refractivity contribution is 0.0941. The van der Waals surface area contributed by atoms with E-state index in [1.807, 2.05) is 18.2 Å². The van der Waals surface area contributed by atoms with Crippen LogP contribution in [0.1, 0.15) is 48.9 Å². The summed E-state index contributed by atoms with van der Waals surface area (Å²) < 4.78 is 1.60. The van der Waals surface area contributed by atoms with Crippen molar-refractivity contribution < 1.29 is 4.79 Å². The highest BCUT2D eigenvalue weighted by molar-refractivity contribution is 5.97. The Kier molecular flexibility index (Phi) is 6.34. The van der Waals surface area contributed by atoms with Crippen molar-refractivity contribution in [3.63, 3.8) is 0 Å². The molecule has 0 unspecified atom stereocenters. The van der Waals surface area contributed by atoms with Crippen LogP contribution in [0.3, 0.4) is 0 Å². The molecule has 0 spiro atoms. The van der Waals surface area contributed by atoms with Crippen LogP contribution in [0.15, 0.2) is 36.7 Å². The van der Waals surface area contributed by atoms with Crippen LogP contribution in [0.25, 0.3) is 5.69 Å². The third kappa shape index (κ3) is 4.33. The average Bonchev–Trinajstić information content (AvgIpc) is 3.02. The quantitative estimate of drug-likeness (QED) is 0.830. The number of aromatic nitrogens is 3. The maximum absolute atomic E-state index is 12.6. The number of nitrogens with two attached hydrogens (primary N) is 1. The number of rotatable bonds is 4. The van der Waals surface area contributed by atoms with Gasteiger partial charge in [0, 0.05) is 12.1 Å². The minimum absolute atomic E-state index is 0. The molecule has 1 aromatic carbocycles. The predicted octanol–water partition coefficient (Wildman–Crippen LogP) is 2.47. The zero-order chi connectivity index (χ0) is 16.1. The molecule has 6 nitrogen and oxygen atoms in total. The molecule has 1 aliphatic carbocycles. The fourth-order valence-corrected chi connectivity index (χ4v) is 3.16. The SMILES string of the molecule is Cl.NC1(CNC(=O)c2ccccc2-n2ccnn2)CCCCCC1. The van der Waals surface area contributed by atoms with Gasteiger partial charge in [0.25, 0.3) is 5.91 Å². The summed E-state index contributed by atoms with van der Waals surface area (Å²) >= 11 is 0. The van der Waals surface area contributed by atoms with Crippen molar-refractivity contribution in [1.29, 1.82) is 0 Å². The second kappa shape index (κ2) is 8.26. The van der Waals surface area contributed by atoms with Crippen LogP contribution in [0.4, 0.5) is 0 Å². The van der Waals surface area contributed by atoms with E-state index in [0.717, 1.165) is 31.4 Å². The van der Waals surface area contributed by atoms with E-state index in [2.05, 4.69) is 15.6 Å². The van der Waals surface area contributed by atoms with E-state index in [1.165, 1.54) is 12.8 Å². The molecule has 1 saturated carbocycles. The van der Waals surface area contributed by atoms with Gasteiger partial charge in [-0.25, -0.2) is 4.68 Å². The Balaban J connectivity index is 0.00000208. The van der Waals surface area contributed by atoms with Crippen LogP contribution in [0, 0.1) is 0 Å². The van der Waals surface area contributed by atoms with E-state index in [-0.39, 0.29) is 23.9 Å². The summed E-state index contributed by atoms with van der Waals surface area (Å²) in [6.07, 6.45) is 10.0. The van der Waals surface area contributed by atoms with Gasteiger partial charge in [0.2, 0.25) is 0 Å². The molecule has 1 aromatic heterocycles. The molecule has 1 fully saturated rings. The van der Waals surface area contributed by atoms with E-state index in [9.17, 15) is 4.79 Å². The summed E-state index contributed by atoms with van der Waals surface area (Å²) in [6, 6.07) is 7.37. The zero-order valence-electron chi connectivity index (χ0n) is 13.6. The second-order valence-electron chi connectivity index (χ2n) is 6.32. The number of amides is 1. The first-order valence-electron chi connectivity index (χ1n) is 8.21. The van der Waals surface area contributed by atoms with Crippen LogP contribution in [0.2, 0.25) is 0 Å². The molecule has 2 aromatic rings. The minimum Gasteiger partial charge on any atom is -0.350 e. The number of halogens is 1. The van der Waals surface area contributed by atoms with Crippen LogP contribution >= 0.6 is 12.4 Å². The smallest absolute Gasteiger partial charge is 0.253 e. The van der Waals surface area contributed by atoms with Gasteiger partial charge in [-0.15, -0.1) is 17.5 Å². The molecule has 1 aliphatic rings. The fraction of sp³-hybridized carbons (Fsp3) is 0.471. The molecule has 0 aliphatic heterocycles. The number of carbonyl (C=O) groups is 1. The molecule has 0 atom stereocenters. The van der Waals surface area contributed by atoms with Gasteiger partial charge in [-0.05, 0) is 25.0 Å². The Labute approximate surface area is 148 Å². The van der Waals surface area contributed by atoms with Gasteiger partial charge in [-0.2, -0.15) is 0 Å². The van der Waals surface area contributed by atoms with E-state index in [1.54, 1.807) is 23.1 Å². The predicted molar refractivity (Wildman–Crippen MR) is 95.6 cm³/mol. The summed E-state index contributed by atoms with van der Waals surface area (Å²) in [5.74, 6) is -0.120. The summed E-state index contributed by atoms with van der Waals surface area (Å²) in [6.45, 7) is 0.511. The topological polar surface area (TPSA) is 85.8 Å². The highest BCUT2D eigenvalue weighted by Gasteiger charge is 2.27. The molecular formula is C17H24ClN5O. The number of nitrogens with zero attached hydrogens (tertiary/aromatic N) is 3. The average molecular weight is 350 g/mol. The third-order valence-corrected chi connectivity index (χ3v) is 4.52. The van der Waals surface area contributed by atoms with Crippen molar-refractivity contribution in [2.75, 3.05) is 6.54 Å². The lowest BCUT2D eigenvalue weighted by Crippen LogP contribution is -2.49. The summed E-state index contributed by atoms with van der Waals surface area (Å²) in [5, 5.41) is 10.8. The van der Waals surface area contributed by atoms with Crippen LogP contribution < -0.4 is 11.1 Å². The summed E-state index contributed by atoms with van der Waals surface area (Å²) in [5.41, 5.74) is 7.49. The highest BCUT2D eigenvalue weighted by Crippen LogP contribution is 2.24. The first-order chi connectivity index (χ1) is 11.2. The van der Waals surface area contributed by atoms with Crippen molar-refractivity contribution in [2.24, 2.45) is 5.73 Å². The number of hydrogen-bond acceptors (Lipinski definition) is 4. The van der Waals surface area contributed by atoms with Crippen LogP contribution in [0.5, 0.6) is 0 Å². The van der Waals surface area contributed by atoms with Crippen LogP contribution in [-0.4, -0.2) is 33.0 Å². The molecule has 3 rings (SSSR count). The highest BCUT2D eigenvalue weighted by atomic mass is 35.5. The first-order valence-corrected chi connectivity index (χ1v) is 8.21. The fourth-order valence-electron chi connectivity index (χ4n) is 3.16. The van der Waals surface area contributed by atoms with Crippen molar-refractivity contribution in [1.82, 2.24) is 20.3 Å². The Morgan fingerprint density at radius 2 is 1.92 bits per heavy atom. The first kappa shape index (κ1) is 18.4. The zero-order valence-corrected chi connectivity index (χ0v) is 14.5. The summed E-state index contributed by atoms with van der Waals surface area (Å²) in [4.78, 5) is 12.6. The number of hydrogen-bond donors (Lipinski definition) is 2. The molecule has 1 heterocycles.